The second-order valence-electron chi connectivity index (χ2n) is 5.47. The molecule has 5 nitrogen and oxygen atoms in total. The highest BCUT2D eigenvalue weighted by atomic mass is 32.2. The summed E-state index contributed by atoms with van der Waals surface area (Å²) in [6.07, 6.45) is 6.45. The highest BCUT2D eigenvalue weighted by Crippen LogP contribution is 2.24. The second-order valence-corrected chi connectivity index (χ2v) is 7.79. The average molecular weight is 274 g/mol. The molecular weight excluding hydrogens is 252 g/mol. The fourth-order valence-corrected chi connectivity index (χ4v) is 4.08. The number of carbonyl (C=O) groups excluding carboxylic acids is 1. The van der Waals surface area contributed by atoms with Crippen molar-refractivity contribution in [3.05, 3.63) is 0 Å². The SMILES string of the molecule is CS(=O)(=O)C1CCCC(NC2CCCNC2=O)C1. The molecular formula is C12H22N2O3S. The third-order valence-electron chi connectivity index (χ3n) is 3.95. The van der Waals surface area contributed by atoms with Gasteiger partial charge in [-0.25, -0.2) is 8.42 Å². The van der Waals surface area contributed by atoms with Crippen molar-refractivity contribution in [3.63, 3.8) is 0 Å². The highest BCUT2D eigenvalue weighted by molar-refractivity contribution is 7.91. The van der Waals surface area contributed by atoms with Crippen molar-refractivity contribution in [1.29, 1.82) is 0 Å². The molecule has 0 bridgehead atoms. The minimum absolute atomic E-state index is 0.0581. The zero-order valence-corrected chi connectivity index (χ0v) is 11.6. The van der Waals surface area contributed by atoms with Gasteiger partial charge in [0.05, 0.1) is 11.3 Å². The largest absolute Gasteiger partial charge is 0.355 e. The molecule has 0 aromatic heterocycles. The van der Waals surface area contributed by atoms with Crippen LogP contribution < -0.4 is 10.6 Å². The van der Waals surface area contributed by atoms with Gasteiger partial charge in [0.15, 0.2) is 0 Å². The number of amides is 1. The number of rotatable bonds is 3. The van der Waals surface area contributed by atoms with E-state index in [2.05, 4.69) is 10.6 Å². The fraction of sp³-hybridized carbons (Fsp3) is 0.917. The molecule has 0 aromatic carbocycles. The molecule has 0 spiro atoms. The van der Waals surface area contributed by atoms with E-state index in [0.717, 1.165) is 38.6 Å². The van der Waals surface area contributed by atoms with Gasteiger partial charge in [0.25, 0.3) is 0 Å². The Bertz CT molecular complexity index is 408. The maximum atomic E-state index is 11.7. The molecule has 1 heterocycles. The van der Waals surface area contributed by atoms with Crippen LogP contribution in [0, 0.1) is 0 Å². The van der Waals surface area contributed by atoms with Crippen LogP contribution in [0.3, 0.4) is 0 Å². The maximum absolute atomic E-state index is 11.7. The molecule has 1 saturated heterocycles. The Morgan fingerprint density at radius 1 is 1.22 bits per heavy atom. The van der Waals surface area contributed by atoms with Gasteiger partial charge >= 0.3 is 0 Å². The van der Waals surface area contributed by atoms with E-state index in [9.17, 15) is 13.2 Å². The van der Waals surface area contributed by atoms with Crippen LogP contribution in [-0.2, 0) is 14.6 Å². The Hall–Kier alpha value is -0.620. The third-order valence-corrected chi connectivity index (χ3v) is 5.59. The topological polar surface area (TPSA) is 75.3 Å². The van der Waals surface area contributed by atoms with Crippen LogP contribution in [0.1, 0.15) is 38.5 Å². The van der Waals surface area contributed by atoms with Crippen molar-refractivity contribution in [2.45, 2.75) is 55.9 Å². The van der Waals surface area contributed by atoms with Crippen molar-refractivity contribution in [3.8, 4) is 0 Å². The summed E-state index contributed by atoms with van der Waals surface area (Å²) in [6, 6.07) is 0.0226. The van der Waals surface area contributed by atoms with E-state index in [4.69, 9.17) is 0 Å². The maximum Gasteiger partial charge on any atom is 0.237 e. The molecule has 0 radical (unpaired) electrons. The van der Waals surface area contributed by atoms with Gasteiger partial charge in [0.1, 0.15) is 9.84 Å². The molecule has 2 aliphatic rings. The fourth-order valence-electron chi connectivity index (χ4n) is 2.90. The second kappa shape index (κ2) is 5.57. The first-order chi connectivity index (χ1) is 8.47. The summed E-state index contributed by atoms with van der Waals surface area (Å²) in [5, 5.41) is 5.94. The molecule has 2 N–H and O–H groups in total. The molecule has 104 valence electrons. The normalized spacial score (nSPS) is 34.1. The zero-order valence-electron chi connectivity index (χ0n) is 10.8. The highest BCUT2D eigenvalue weighted by Gasteiger charge is 2.31. The van der Waals surface area contributed by atoms with Crippen LogP contribution in [0.15, 0.2) is 0 Å². The molecule has 1 saturated carbocycles. The van der Waals surface area contributed by atoms with Crippen LogP contribution >= 0.6 is 0 Å². The average Bonchev–Trinajstić information content (AvgIpc) is 2.31. The Morgan fingerprint density at radius 2 is 2.00 bits per heavy atom. The third kappa shape index (κ3) is 3.45. The Balaban J connectivity index is 1.91. The molecule has 2 rings (SSSR count). The van der Waals surface area contributed by atoms with E-state index in [1.54, 1.807) is 0 Å². The van der Waals surface area contributed by atoms with Crippen LogP contribution in [0.25, 0.3) is 0 Å². The van der Waals surface area contributed by atoms with Crippen molar-refractivity contribution in [2.75, 3.05) is 12.8 Å². The van der Waals surface area contributed by atoms with Crippen LogP contribution in [0.2, 0.25) is 0 Å². The quantitative estimate of drug-likeness (QED) is 0.771. The molecule has 1 aliphatic carbocycles. The molecule has 6 heteroatoms. The minimum Gasteiger partial charge on any atom is -0.355 e. The van der Waals surface area contributed by atoms with Gasteiger partial charge in [-0.1, -0.05) is 6.42 Å². The van der Waals surface area contributed by atoms with E-state index < -0.39 is 9.84 Å². The lowest BCUT2D eigenvalue weighted by Gasteiger charge is -2.33. The summed E-state index contributed by atoms with van der Waals surface area (Å²) in [5.41, 5.74) is 0. The zero-order chi connectivity index (χ0) is 13.2. The van der Waals surface area contributed by atoms with Crippen LogP contribution in [0.4, 0.5) is 0 Å². The lowest BCUT2D eigenvalue weighted by molar-refractivity contribution is -0.124. The molecule has 18 heavy (non-hydrogen) atoms. The number of carbonyl (C=O) groups is 1. The molecule has 0 aromatic rings. The Kier molecular flexibility index (Phi) is 4.27. The first-order valence-corrected chi connectivity index (χ1v) is 8.65. The van der Waals surface area contributed by atoms with Gasteiger partial charge in [-0.15, -0.1) is 0 Å². The van der Waals surface area contributed by atoms with Gasteiger partial charge in [-0.2, -0.15) is 0 Å². The monoisotopic (exact) mass is 274 g/mol. The van der Waals surface area contributed by atoms with E-state index in [-0.39, 0.29) is 23.2 Å². The predicted octanol–water partition coefficient (Wildman–Crippen LogP) is 0.210. The number of piperidine rings is 1. The lowest BCUT2D eigenvalue weighted by Crippen LogP contribution is -2.53. The van der Waals surface area contributed by atoms with Crippen LogP contribution in [0.5, 0.6) is 0 Å². The summed E-state index contributed by atoms with van der Waals surface area (Å²) >= 11 is 0. The molecule has 2 fully saturated rings. The summed E-state index contributed by atoms with van der Waals surface area (Å²) in [4.78, 5) is 11.7. The summed E-state index contributed by atoms with van der Waals surface area (Å²) in [6.45, 7) is 0.758. The van der Waals surface area contributed by atoms with Gasteiger partial charge < -0.3 is 10.6 Å². The first-order valence-electron chi connectivity index (χ1n) is 6.69. The summed E-state index contributed by atoms with van der Waals surface area (Å²) in [7, 11) is -2.95. The van der Waals surface area contributed by atoms with E-state index in [0.29, 0.717) is 6.42 Å². The van der Waals surface area contributed by atoms with Crippen molar-refractivity contribution in [2.24, 2.45) is 0 Å². The summed E-state index contributed by atoms with van der Waals surface area (Å²) < 4.78 is 23.2. The van der Waals surface area contributed by atoms with Crippen LogP contribution in [-0.4, -0.2) is 44.5 Å². The van der Waals surface area contributed by atoms with Crippen molar-refractivity contribution < 1.29 is 13.2 Å². The van der Waals surface area contributed by atoms with Gasteiger partial charge in [-0.3, -0.25) is 4.79 Å². The summed E-state index contributed by atoms with van der Waals surface area (Å²) in [5.74, 6) is 0.0581. The number of hydrogen-bond acceptors (Lipinski definition) is 4. The van der Waals surface area contributed by atoms with E-state index in [1.807, 2.05) is 0 Å². The number of sulfone groups is 1. The standard InChI is InChI=1S/C12H22N2O3S/c1-18(16,17)10-5-2-4-9(8-10)14-11-6-3-7-13-12(11)15/h9-11,14H,2-8H2,1H3,(H,13,15). The first kappa shape index (κ1) is 13.8. The smallest absolute Gasteiger partial charge is 0.237 e. The molecule has 3 unspecified atom stereocenters. The molecule has 1 aliphatic heterocycles. The Labute approximate surface area is 109 Å². The number of hydrogen-bond donors (Lipinski definition) is 2. The minimum atomic E-state index is -2.95. The Morgan fingerprint density at radius 3 is 2.67 bits per heavy atom. The van der Waals surface area contributed by atoms with Crippen molar-refractivity contribution in [1.82, 2.24) is 10.6 Å². The lowest BCUT2D eigenvalue weighted by atomic mass is 9.93. The van der Waals surface area contributed by atoms with Gasteiger partial charge in [-0.05, 0) is 32.1 Å². The van der Waals surface area contributed by atoms with Crippen molar-refractivity contribution >= 4 is 15.7 Å². The van der Waals surface area contributed by atoms with Gasteiger partial charge in [0.2, 0.25) is 5.91 Å². The van der Waals surface area contributed by atoms with E-state index >= 15 is 0 Å². The molecule has 1 amide bonds. The predicted molar refractivity (Wildman–Crippen MR) is 70.1 cm³/mol. The molecule has 3 atom stereocenters. The van der Waals surface area contributed by atoms with Gasteiger partial charge in [0, 0.05) is 18.8 Å². The van der Waals surface area contributed by atoms with E-state index in [1.165, 1.54) is 6.26 Å². The number of nitrogens with one attached hydrogen (secondary N) is 2.